The zero-order valence-corrected chi connectivity index (χ0v) is 11.8. The molecule has 0 saturated carbocycles. The molecule has 0 radical (unpaired) electrons. The maximum absolute atomic E-state index is 11.3. The molecule has 0 fully saturated rings. The second kappa shape index (κ2) is 5.55. The van der Waals surface area contributed by atoms with Gasteiger partial charge in [-0.2, -0.15) is 0 Å². The van der Waals surface area contributed by atoms with Crippen LogP contribution in [0.15, 0.2) is 58.4 Å². The summed E-state index contributed by atoms with van der Waals surface area (Å²) in [4.78, 5) is 4.58. The zero-order chi connectivity index (χ0) is 13.9. The quantitative estimate of drug-likeness (QED) is 0.813. The van der Waals surface area contributed by atoms with Crippen LogP contribution in [0.4, 0.5) is 5.69 Å². The normalized spacial score (nSPS) is 11.9. The fraction of sp³-hybridized carbons (Fsp3) is 0.0714. The van der Waals surface area contributed by atoms with Crippen molar-refractivity contribution in [3.8, 4) is 0 Å². The molecule has 3 nitrogen and oxygen atoms in total. The smallest absolute Gasteiger partial charge is 0.175 e. The summed E-state index contributed by atoms with van der Waals surface area (Å²) in [7, 11) is -3.15. The molecule has 0 heterocycles. The Labute approximate surface area is 117 Å². The van der Waals surface area contributed by atoms with Crippen LogP contribution in [0.25, 0.3) is 0 Å². The van der Waals surface area contributed by atoms with Crippen LogP contribution < -0.4 is 0 Å². The first-order valence-electron chi connectivity index (χ1n) is 5.55. The van der Waals surface area contributed by atoms with Crippen LogP contribution in [0.5, 0.6) is 0 Å². The fourth-order valence-corrected chi connectivity index (χ4v) is 2.23. The SMILES string of the molecule is CS(=O)(=O)c1ccc(C=Nc2ccc(Cl)cc2)cc1. The van der Waals surface area contributed by atoms with Crippen molar-refractivity contribution in [3.63, 3.8) is 0 Å². The summed E-state index contributed by atoms with van der Waals surface area (Å²) >= 11 is 5.78. The molecule has 5 heteroatoms. The Morgan fingerprint density at radius 2 is 1.58 bits per heavy atom. The molecular weight excluding hydrogens is 282 g/mol. The molecule has 2 aromatic carbocycles. The highest BCUT2D eigenvalue weighted by Crippen LogP contribution is 2.16. The lowest BCUT2D eigenvalue weighted by Gasteiger charge is -1.98. The number of nitrogens with zero attached hydrogens (tertiary/aromatic N) is 1. The summed E-state index contributed by atoms with van der Waals surface area (Å²) in [5.74, 6) is 0. The van der Waals surface area contributed by atoms with E-state index in [1.807, 2.05) is 12.1 Å². The van der Waals surface area contributed by atoms with E-state index in [0.29, 0.717) is 9.92 Å². The van der Waals surface area contributed by atoms with Crippen molar-refractivity contribution >= 4 is 33.3 Å². The summed E-state index contributed by atoms with van der Waals surface area (Å²) in [6.07, 6.45) is 2.86. The largest absolute Gasteiger partial charge is 0.256 e. The Kier molecular flexibility index (Phi) is 4.02. The monoisotopic (exact) mass is 293 g/mol. The van der Waals surface area contributed by atoms with Crippen molar-refractivity contribution in [1.82, 2.24) is 0 Å². The predicted octanol–water partition coefficient (Wildman–Crippen LogP) is 3.49. The van der Waals surface area contributed by atoms with Gasteiger partial charge in [0, 0.05) is 17.5 Å². The first kappa shape index (κ1) is 13.8. The first-order chi connectivity index (χ1) is 8.95. The van der Waals surface area contributed by atoms with Crippen molar-refractivity contribution in [2.24, 2.45) is 4.99 Å². The highest BCUT2D eigenvalue weighted by Gasteiger charge is 2.05. The second-order valence-corrected chi connectivity index (χ2v) is 6.53. The summed E-state index contributed by atoms with van der Waals surface area (Å²) < 4.78 is 22.6. The van der Waals surface area contributed by atoms with E-state index in [1.165, 1.54) is 6.26 Å². The van der Waals surface area contributed by atoms with Gasteiger partial charge < -0.3 is 0 Å². The van der Waals surface area contributed by atoms with Gasteiger partial charge in [0.25, 0.3) is 0 Å². The summed E-state index contributed by atoms with van der Waals surface area (Å²) in [6.45, 7) is 0. The van der Waals surface area contributed by atoms with E-state index in [-0.39, 0.29) is 0 Å². The molecular formula is C14H12ClNO2S. The van der Waals surface area contributed by atoms with E-state index in [0.717, 1.165) is 11.3 Å². The van der Waals surface area contributed by atoms with E-state index in [2.05, 4.69) is 4.99 Å². The van der Waals surface area contributed by atoms with Gasteiger partial charge in [0.15, 0.2) is 9.84 Å². The van der Waals surface area contributed by atoms with Crippen LogP contribution in [0.1, 0.15) is 5.56 Å². The molecule has 0 atom stereocenters. The van der Waals surface area contributed by atoms with E-state index in [4.69, 9.17) is 11.6 Å². The Morgan fingerprint density at radius 1 is 1.00 bits per heavy atom. The number of aliphatic imine (C=N–C) groups is 1. The molecule has 19 heavy (non-hydrogen) atoms. The summed E-state index contributed by atoms with van der Waals surface area (Å²) in [6, 6.07) is 13.7. The van der Waals surface area contributed by atoms with Gasteiger partial charge in [0.2, 0.25) is 0 Å². The van der Waals surface area contributed by atoms with E-state index in [9.17, 15) is 8.42 Å². The Hall–Kier alpha value is -1.65. The van der Waals surface area contributed by atoms with Gasteiger partial charge in [-0.1, -0.05) is 23.7 Å². The third-order valence-corrected chi connectivity index (χ3v) is 3.88. The number of hydrogen-bond acceptors (Lipinski definition) is 3. The minimum Gasteiger partial charge on any atom is -0.256 e. The van der Waals surface area contributed by atoms with Crippen molar-refractivity contribution in [2.45, 2.75) is 4.90 Å². The highest BCUT2D eigenvalue weighted by molar-refractivity contribution is 7.90. The molecule has 0 amide bonds. The molecule has 0 aromatic heterocycles. The molecule has 0 aliphatic heterocycles. The maximum Gasteiger partial charge on any atom is 0.175 e. The van der Waals surface area contributed by atoms with Crippen LogP contribution in [-0.4, -0.2) is 20.9 Å². The van der Waals surface area contributed by atoms with Crippen molar-refractivity contribution in [3.05, 3.63) is 59.1 Å². The Morgan fingerprint density at radius 3 is 2.11 bits per heavy atom. The highest BCUT2D eigenvalue weighted by atomic mass is 35.5. The molecule has 0 bridgehead atoms. The number of benzene rings is 2. The van der Waals surface area contributed by atoms with E-state index < -0.39 is 9.84 Å². The number of hydrogen-bond donors (Lipinski definition) is 0. The van der Waals surface area contributed by atoms with E-state index >= 15 is 0 Å². The van der Waals surface area contributed by atoms with Crippen LogP contribution in [0, 0.1) is 0 Å². The maximum atomic E-state index is 11.3. The fourth-order valence-electron chi connectivity index (χ4n) is 1.48. The average molecular weight is 294 g/mol. The predicted molar refractivity (Wildman–Crippen MR) is 78.3 cm³/mol. The second-order valence-electron chi connectivity index (χ2n) is 4.08. The van der Waals surface area contributed by atoms with Gasteiger partial charge in [0.1, 0.15) is 0 Å². The third-order valence-electron chi connectivity index (χ3n) is 2.50. The summed E-state index contributed by atoms with van der Waals surface area (Å²) in [5, 5.41) is 0.663. The van der Waals surface area contributed by atoms with Gasteiger partial charge in [-0.25, -0.2) is 8.42 Å². The molecule has 2 rings (SSSR count). The van der Waals surface area contributed by atoms with E-state index in [1.54, 1.807) is 42.6 Å². The first-order valence-corrected chi connectivity index (χ1v) is 7.82. The van der Waals surface area contributed by atoms with Crippen LogP contribution in [-0.2, 0) is 9.84 Å². The average Bonchev–Trinajstić information content (AvgIpc) is 2.37. The topological polar surface area (TPSA) is 46.5 Å². The Balaban J connectivity index is 2.18. The van der Waals surface area contributed by atoms with Crippen LogP contribution >= 0.6 is 11.6 Å². The number of sulfone groups is 1. The lowest BCUT2D eigenvalue weighted by molar-refractivity contribution is 0.602. The molecule has 0 aliphatic rings. The van der Waals surface area contributed by atoms with Gasteiger partial charge >= 0.3 is 0 Å². The molecule has 0 N–H and O–H groups in total. The lowest BCUT2D eigenvalue weighted by atomic mass is 10.2. The molecule has 0 unspecified atom stereocenters. The third kappa shape index (κ3) is 3.91. The molecule has 0 saturated heterocycles. The Bertz CT molecular complexity index is 689. The van der Waals surface area contributed by atoms with Gasteiger partial charge in [-0.05, 0) is 42.0 Å². The minimum absolute atomic E-state index is 0.302. The summed E-state index contributed by atoms with van der Waals surface area (Å²) in [5.41, 5.74) is 1.62. The molecule has 2 aromatic rings. The van der Waals surface area contributed by atoms with Crippen LogP contribution in [0.2, 0.25) is 5.02 Å². The van der Waals surface area contributed by atoms with Gasteiger partial charge in [-0.3, -0.25) is 4.99 Å². The minimum atomic E-state index is -3.15. The van der Waals surface area contributed by atoms with Crippen molar-refractivity contribution in [2.75, 3.05) is 6.26 Å². The van der Waals surface area contributed by atoms with Crippen LogP contribution in [0.3, 0.4) is 0 Å². The zero-order valence-electron chi connectivity index (χ0n) is 10.2. The number of rotatable bonds is 3. The van der Waals surface area contributed by atoms with Gasteiger partial charge in [0.05, 0.1) is 10.6 Å². The molecule has 0 aliphatic carbocycles. The molecule has 0 spiro atoms. The lowest BCUT2D eigenvalue weighted by Crippen LogP contribution is -1.96. The molecule has 98 valence electrons. The van der Waals surface area contributed by atoms with Gasteiger partial charge in [-0.15, -0.1) is 0 Å². The van der Waals surface area contributed by atoms with Crippen molar-refractivity contribution in [1.29, 1.82) is 0 Å². The van der Waals surface area contributed by atoms with Crippen molar-refractivity contribution < 1.29 is 8.42 Å². The number of halogens is 1. The standard InChI is InChI=1S/C14H12ClNO2S/c1-19(17,18)14-8-2-11(3-9-14)10-16-13-6-4-12(15)5-7-13/h2-10H,1H3.